The van der Waals surface area contributed by atoms with E-state index in [-0.39, 0.29) is 0 Å². The quantitative estimate of drug-likeness (QED) is 0.313. The molecule has 0 amide bonds. The molecule has 0 unspecified atom stereocenters. The Kier molecular flexibility index (Phi) is 4.51. The van der Waals surface area contributed by atoms with Crippen LogP contribution < -0.4 is 15.8 Å². The van der Waals surface area contributed by atoms with E-state index in [0.717, 1.165) is 10.3 Å². The fourth-order valence-electron chi connectivity index (χ4n) is 2.37. The first-order chi connectivity index (χ1) is 12.7. The molecule has 4 aromatic rings. The second kappa shape index (κ2) is 7.11. The first-order valence-corrected chi connectivity index (χ1v) is 9.39. The predicted octanol–water partition coefficient (Wildman–Crippen LogP) is 4.43. The van der Waals surface area contributed by atoms with Crippen LogP contribution in [-0.4, -0.2) is 18.3 Å². The van der Waals surface area contributed by atoms with Crippen molar-refractivity contribution in [3.8, 4) is 17.0 Å². The molecule has 6 nitrogen and oxygen atoms in total. The third kappa shape index (κ3) is 3.37. The number of hydrogen-bond donors (Lipinski definition) is 1. The van der Waals surface area contributed by atoms with Crippen LogP contribution in [0.1, 0.15) is 4.88 Å². The number of aromatic nitrogens is 1. The molecule has 130 valence electrons. The summed E-state index contributed by atoms with van der Waals surface area (Å²) in [7, 11) is 1.59. The molecule has 0 aliphatic heterocycles. The summed E-state index contributed by atoms with van der Waals surface area (Å²) in [5, 5.41) is 9.30. The summed E-state index contributed by atoms with van der Waals surface area (Å²) in [6, 6.07) is 11.0. The van der Waals surface area contributed by atoms with Gasteiger partial charge in [0.05, 0.1) is 24.6 Å². The summed E-state index contributed by atoms with van der Waals surface area (Å²) >= 11 is 2.96. The van der Waals surface area contributed by atoms with Gasteiger partial charge in [-0.3, -0.25) is 5.43 Å². The third-order valence-electron chi connectivity index (χ3n) is 3.61. The van der Waals surface area contributed by atoms with Gasteiger partial charge in [0.25, 0.3) is 0 Å². The van der Waals surface area contributed by atoms with E-state index >= 15 is 0 Å². The predicted molar refractivity (Wildman–Crippen MR) is 106 cm³/mol. The van der Waals surface area contributed by atoms with E-state index in [2.05, 4.69) is 15.5 Å². The molecule has 0 atom stereocenters. The van der Waals surface area contributed by atoms with E-state index in [1.807, 2.05) is 23.6 Å². The molecule has 3 aromatic heterocycles. The number of benzene rings is 1. The van der Waals surface area contributed by atoms with Gasteiger partial charge in [-0.05, 0) is 35.7 Å². The van der Waals surface area contributed by atoms with Crippen molar-refractivity contribution in [2.24, 2.45) is 5.10 Å². The van der Waals surface area contributed by atoms with Crippen LogP contribution in [0, 0.1) is 0 Å². The van der Waals surface area contributed by atoms with Crippen LogP contribution in [0.5, 0.6) is 5.75 Å². The molecule has 8 heteroatoms. The molecule has 0 radical (unpaired) electrons. The largest absolute Gasteiger partial charge is 0.497 e. The number of thiophene rings is 1. The molecule has 0 fully saturated rings. The Morgan fingerprint density at radius 1 is 1.27 bits per heavy atom. The number of nitrogens with one attached hydrogen (secondary N) is 1. The first-order valence-electron chi connectivity index (χ1n) is 7.63. The molecular weight excluding hydrogens is 370 g/mol. The van der Waals surface area contributed by atoms with Crippen molar-refractivity contribution in [2.45, 2.75) is 0 Å². The zero-order valence-electron chi connectivity index (χ0n) is 13.6. The number of anilines is 1. The van der Waals surface area contributed by atoms with Gasteiger partial charge in [-0.15, -0.1) is 22.7 Å². The first kappa shape index (κ1) is 16.5. The van der Waals surface area contributed by atoms with Crippen LogP contribution in [0.25, 0.3) is 22.2 Å². The van der Waals surface area contributed by atoms with E-state index in [4.69, 9.17) is 9.15 Å². The normalized spacial score (nSPS) is 11.3. The Morgan fingerprint density at radius 2 is 2.19 bits per heavy atom. The molecule has 0 saturated carbocycles. The lowest BCUT2D eigenvalue weighted by Gasteiger charge is -2.03. The van der Waals surface area contributed by atoms with Gasteiger partial charge in [0.2, 0.25) is 5.13 Å². The van der Waals surface area contributed by atoms with E-state index in [1.165, 1.54) is 11.3 Å². The van der Waals surface area contributed by atoms with Crippen molar-refractivity contribution >= 4 is 45.0 Å². The zero-order valence-corrected chi connectivity index (χ0v) is 15.3. The van der Waals surface area contributed by atoms with Crippen molar-refractivity contribution in [1.29, 1.82) is 0 Å². The third-order valence-corrected chi connectivity index (χ3v) is 5.17. The lowest BCUT2D eigenvalue weighted by Crippen LogP contribution is -2.03. The highest BCUT2D eigenvalue weighted by atomic mass is 32.1. The summed E-state index contributed by atoms with van der Waals surface area (Å²) in [4.78, 5) is 17.7. The molecule has 0 bridgehead atoms. The van der Waals surface area contributed by atoms with Gasteiger partial charge < -0.3 is 9.15 Å². The van der Waals surface area contributed by atoms with E-state index in [0.29, 0.717) is 27.7 Å². The van der Waals surface area contributed by atoms with Crippen LogP contribution >= 0.6 is 22.7 Å². The maximum Gasteiger partial charge on any atom is 0.345 e. The number of hydrazone groups is 1. The lowest BCUT2D eigenvalue weighted by atomic mass is 10.1. The minimum absolute atomic E-state index is 0.400. The Hall–Kier alpha value is -2.97. The highest BCUT2D eigenvalue weighted by Crippen LogP contribution is 2.27. The average Bonchev–Trinajstić information content (AvgIpc) is 3.33. The molecular formula is C18H13N3O3S2. The summed E-state index contributed by atoms with van der Waals surface area (Å²) in [6.07, 6.45) is 1.72. The van der Waals surface area contributed by atoms with E-state index < -0.39 is 5.63 Å². The fourth-order valence-corrected chi connectivity index (χ4v) is 3.62. The Morgan fingerprint density at radius 3 is 3.00 bits per heavy atom. The second-order valence-electron chi connectivity index (χ2n) is 5.27. The maximum atomic E-state index is 12.3. The standard InChI is InChI=1S/C18H13N3O3S2/c1-23-12-4-5-16-11(7-12)8-14(17(22)24-16)15-10-26-18(20-15)21-19-9-13-3-2-6-25-13/h2-10H,1H3,(H,20,21)/b19-9+. The molecule has 0 spiro atoms. The number of hydrogen-bond acceptors (Lipinski definition) is 8. The number of ether oxygens (including phenoxy) is 1. The summed E-state index contributed by atoms with van der Waals surface area (Å²) in [5.41, 5.74) is 3.90. The second-order valence-corrected chi connectivity index (χ2v) is 7.11. The smallest absolute Gasteiger partial charge is 0.345 e. The average molecular weight is 383 g/mol. The molecule has 26 heavy (non-hydrogen) atoms. The number of methoxy groups -OCH3 is 1. The van der Waals surface area contributed by atoms with Crippen molar-refractivity contribution in [1.82, 2.24) is 4.98 Å². The zero-order chi connectivity index (χ0) is 17.9. The van der Waals surface area contributed by atoms with E-state index in [9.17, 15) is 4.79 Å². The molecule has 0 aliphatic rings. The summed E-state index contributed by atoms with van der Waals surface area (Å²) in [5.74, 6) is 0.695. The molecule has 1 aromatic carbocycles. The van der Waals surface area contributed by atoms with Crippen LogP contribution in [0.3, 0.4) is 0 Å². The monoisotopic (exact) mass is 383 g/mol. The molecule has 0 saturated heterocycles. The topological polar surface area (TPSA) is 76.7 Å². The Bertz CT molecular complexity index is 1130. The number of rotatable bonds is 5. The highest BCUT2D eigenvalue weighted by molar-refractivity contribution is 7.14. The maximum absolute atomic E-state index is 12.3. The van der Waals surface area contributed by atoms with Crippen molar-refractivity contribution in [3.63, 3.8) is 0 Å². The van der Waals surface area contributed by atoms with Crippen LogP contribution in [0.2, 0.25) is 0 Å². The minimum atomic E-state index is -0.429. The Labute approximate surface area is 156 Å². The molecule has 4 rings (SSSR count). The number of thiazole rings is 1. The van der Waals surface area contributed by atoms with Crippen LogP contribution in [0.15, 0.2) is 61.5 Å². The fraction of sp³-hybridized carbons (Fsp3) is 0.0556. The number of nitrogens with zero attached hydrogens (tertiary/aromatic N) is 2. The van der Waals surface area contributed by atoms with Crippen molar-refractivity contribution < 1.29 is 9.15 Å². The minimum Gasteiger partial charge on any atom is -0.497 e. The lowest BCUT2D eigenvalue weighted by molar-refractivity contribution is 0.415. The highest BCUT2D eigenvalue weighted by Gasteiger charge is 2.12. The summed E-state index contributed by atoms with van der Waals surface area (Å²) in [6.45, 7) is 0. The Balaban J connectivity index is 1.62. The van der Waals surface area contributed by atoms with Crippen LogP contribution in [-0.2, 0) is 0 Å². The van der Waals surface area contributed by atoms with Crippen molar-refractivity contribution in [3.05, 3.63) is 62.5 Å². The van der Waals surface area contributed by atoms with Gasteiger partial charge in [0.15, 0.2) is 0 Å². The summed E-state index contributed by atoms with van der Waals surface area (Å²) < 4.78 is 10.6. The van der Waals surface area contributed by atoms with Crippen molar-refractivity contribution in [2.75, 3.05) is 12.5 Å². The molecule has 0 aliphatic carbocycles. The van der Waals surface area contributed by atoms with Gasteiger partial charge >= 0.3 is 5.63 Å². The van der Waals surface area contributed by atoms with Gasteiger partial charge in [-0.2, -0.15) is 5.10 Å². The molecule has 1 N–H and O–H groups in total. The molecule has 3 heterocycles. The van der Waals surface area contributed by atoms with Gasteiger partial charge in [-0.1, -0.05) is 6.07 Å². The van der Waals surface area contributed by atoms with Crippen LogP contribution in [0.4, 0.5) is 5.13 Å². The van der Waals surface area contributed by atoms with Gasteiger partial charge in [-0.25, -0.2) is 9.78 Å². The van der Waals surface area contributed by atoms with Gasteiger partial charge in [0, 0.05) is 15.6 Å². The number of fused-ring (bicyclic) bond motifs is 1. The SMILES string of the molecule is COc1ccc2oc(=O)c(-c3csc(N/N=C/c4cccs4)n3)cc2c1. The van der Waals surface area contributed by atoms with E-state index in [1.54, 1.807) is 48.2 Å². The van der Waals surface area contributed by atoms with Gasteiger partial charge in [0.1, 0.15) is 11.3 Å².